The van der Waals surface area contributed by atoms with Crippen LogP contribution in [-0.2, 0) is 4.79 Å². The van der Waals surface area contributed by atoms with Gasteiger partial charge in [0, 0.05) is 6.42 Å². The predicted molar refractivity (Wildman–Crippen MR) is 44.1 cm³/mol. The number of carbonyl (C=O) groups is 1. The van der Waals surface area contributed by atoms with Gasteiger partial charge in [0.1, 0.15) is 5.78 Å². The lowest BCUT2D eigenvalue weighted by Crippen LogP contribution is -2.35. The van der Waals surface area contributed by atoms with Crippen molar-refractivity contribution in [2.75, 3.05) is 0 Å². The minimum Gasteiger partial charge on any atom is -0.299 e. The molecular weight excluding hydrogens is 136 g/mol. The summed E-state index contributed by atoms with van der Waals surface area (Å²) in [4.78, 5) is 11.5. The molecule has 2 aliphatic carbocycles. The molecule has 0 unspecified atom stereocenters. The fourth-order valence-corrected chi connectivity index (χ4v) is 2.53. The molecule has 2 rings (SSSR count). The van der Waals surface area contributed by atoms with Crippen molar-refractivity contribution in [3.63, 3.8) is 0 Å². The molecular formula is C10H14O. The fraction of sp³-hybridized carbons (Fsp3) is 0.700. The number of rotatable bonds is 0. The van der Waals surface area contributed by atoms with Crippen LogP contribution in [0.2, 0.25) is 0 Å². The summed E-state index contributed by atoms with van der Waals surface area (Å²) in [7, 11) is 0. The fourth-order valence-electron chi connectivity index (χ4n) is 2.53. The first-order chi connectivity index (χ1) is 4.97. The van der Waals surface area contributed by atoms with Gasteiger partial charge >= 0.3 is 0 Å². The van der Waals surface area contributed by atoms with Crippen LogP contribution in [0.5, 0.6) is 0 Å². The van der Waals surface area contributed by atoms with Gasteiger partial charge in [0.2, 0.25) is 0 Å². The van der Waals surface area contributed by atoms with Crippen molar-refractivity contribution < 1.29 is 4.79 Å². The lowest BCUT2D eigenvalue weighted by atomic mass is 9.64. The number of allylic oxidation sites excluding steroid dienone is 2. The highest BCUT2D eigenvalue weighted by Gasteiger charge is 2.57. The molecule has 0 heterocycles. The van der Waals surface area contributed by atoms with E-state index in [0.717, 1.165) is 6.42 Å². The van der Waals surface area contributed by atoms with Gasteiger partial charge in [0.05, 0.1) is 5.41 Å². The molecule has 1 fully saturated rings. The van der Waals surface area contributed by atoms with Crippen molar-refractivity contribution in [1.82, 2.24) is 0 Å². The van der Waals surface area contributed by atoms with Gasteiger partial charge in [0.15, 0.2) is 0 Å². The molecule has 0 aliphatic heterocycles. The van der Waals surface area contributed by atoms with Crippen molar-refractivity contribution in [3.8, 4) is 0 Å². The van der Waals surface area contributed by atoms with Gasteiger partial charge in [-0.05, 0) is 18.3 Å². The third-order valence-electron chi connectivity index (χ3n) is 3.34. The highest BCUT2D eigenvalue weighted by Crippen LogP contribution is 2.58. The van der Waals surface area contributed by atoms with E-state index in [9.17, 15) is 4.79 Å². The lowest BCUT2D eigenvalue weighted by molar-refractivity contribution is -0.124. The summed E-state index contributed by atoms with van der Waals surface area (Å²) in [5, 5.41) is 0. The molecule has 0 saturated heterocycles. The number of carbonyl (C=O) groups excluding carboxylic acids is 1. The summed E-state index contributed by atoms with van der Waals surface area (Å²) < 4.78 is 0. The van der Waals surface area contributed by atoms with E-state index in [-0.39, 0.29) is 10.8 Å². The van der Waals surface area contributed by atoms with Crippen molar-refractivity contribution in [3.05, 3.63) is 12.2 Å². The SMILES string of the molecule is CC1(C)CC(=O)[C@]2(C)C=C[C@@H]12. The molecule has 1 saturated carbocycles. The monoisotopic (exact) mass is 150 g/mol. The first-order valence-corrected chi connectivity index (χ1v) is 4.19. The molecule has 2 aliphatic rings. The molecule has 0 aromatic heterocycles. The molecule has 0 aromatic rings. The van der Waals surface area contributed by atoms with E-state index < -0.39 is 0 Å². The Labute approximate surface area is 67.5 Å². The molecule has 0 radical (unpaired) electrons. The average molecular weight is 150 g/mol. The minimum absolute atomic E-state index is 0.0937. The van der Waals surface area contributed by atoms with E-state index in [2.05, 4.69) is 32.9 Å². The van der Waals surface area contributed by atoms with Crippen molar-refractivity contribution in [2.24, 2.45) is 16.7 Å². The topological polar surface area (TPSA) is 17.1 Å². The number of ketones is 1. The van der Waals surface area contributed by atoms with Crippen LogP contribution in [-0.4, -0.2) is 5.78 Å². The maximum Gasteiger partial charge on any atom is 0.143 e. The summed E-state index contributed by atoms with van der Waals surface area (Å²) in [5.41, 5.74) is 0.115. The van der Waals surface area contributed by atoms with E-state index in [1.165, 1.54) is 0 Å². The Morgan fingerprint density at radius 1 is 1.45 bits per heavy atom. The first-order valence-electron chi connectivity index (χ1n) is 4.19. The van der Waals surface area contributed by atoms with Crippen LogP contribution in [0.3, 0.4) is 0 Å². The van der Waals surface area contributed by atoms with E-state index in [1.807, 2.05) is 0 Å². The molecule has 0 amide bonds. The predicted octanol–water partition coefficient (Wildman–Crippen LogP) is 2.18. The van der Waals surface area contributed by atoms with Crippen LogP contribution in [0, 0.1) is 16.7 Å². The summed E-state index contributed by atoms with van der Waals surface area (Å²) in [5.74, 6) is 0.928. The largest absolute Gasteiger partial charge is 0.299 e. The summed E-state index contributed by atoms with van der Waals surface area (Å²) in [6.45, 7) is 6.43. The average Bonchev–Trinajstić information content (AvgIpc) is 1.88. The van der Waals surface area contributed by atoms with Gasteiger partial charge in [-0.25, -0.2) is 0 Å². The summed E-state index contributed by atoms with van der Waals surface area (Å²) in [6.07, 6.45) is 5.00. The summed E-state index contributed by atoms with van der Waals surface area (Å²) in [6, 6.07) is 0. The number of Topliss-reactive ketones (excluding diaryl/α,β-unsaturated/α-hetero) is 1. The standard InChI is InChI=1S/C10H14O/c1-9(2)6-8(11)10(3)5-4-7(9)10/h4-5,7H,6H2,1-3H3/t7-,10+/m0/s1. The number of hydrogen-bond donors (Lipinski definition) is 0. The Morgan fingerprint density at radius 2 is 2.09 bits per heavy atom. The maximum absolute atomic E-state index is 11.5. The van der Waals surface area contributed by atoms with Gasteiger partial charge in [-0.15, -0.1) is 0 Å². The van der Waals surface area contributed by atoms with Crippen LogP contribution < -0.4 is 0 Å². The smallest absolute Gasteiger partial charge is 0.143 e. The van der Waals surface area contributed by atoms with Gasteiger partial charge < -0.3 is 0 Å². The molecule has 0 aromatic carbocycles. The summed E-state index contributed by atoms with van der Waals surface area (Å²) >= 11 is 0. The second kappa shape index (κ2) is 1.60. The lowest BCUT2D eigenvalue weighted by Gasteiger charge is -2.38. The van der Waals surface area contributed by atoms with Crippen LogP contribution in [0.1, 0.15) is 27.2 Å². The van der Waals surface area contributed by atoms with Crippen LogP contribution >= 0.6 is 0 Å². The second-order valence-electron chi connectivity index (χ2n) is 4.71. The Balaban J connectivity index is 2.44. The van der Waals surface area contributed by atoms with E-state index in [0.29, 0.717) is 11.7 Å². The molecule has 0 spiro atoms. The highest BCUT2D eigenvalue weighted by molar-refractivity contribution is 5.92. The molecule has 0 bridgehead atoms. The quantitative estimate of drug-likeness (QED) is 0.484. The molecule has 11 heavy (non-hydrogen) atoms. The van der Waals surface area contributed by atoms with Crippen molar-refractivity contribution in [2.45, 2.75) is 27.2 Å². The minimum atomic E-state index is -0.0937. The Bertz CT molecular complexity index is 250. The van der Waals surface area contributed by atoms with Crippen LogP contribution in [0.25, 0.3) is 0 Å². The Hall–Kier alpha value is -0.590. The third-order valence-corrected chi connectivity index (χ3v) is 3.34. The highest BCUT2D eigenvalue weighted by atomic mass is 16.1. The number of hydrogen-bond acceptors (Lipinski definition) is 1. The molecule has 60 valence electrons. The van der Waals surface area contributed by atoms with Crippen molar-refractivity contribution >= 4 is 5.78 Å². The Kier molecular flexibility index (Phi) is 1.03. The normalized spacial score (nSPS) is 45.4. The van der Waals surface area contributed by atoms with Crippen molar-refractivity contribution in [1.29, 1.82) is 0 Å². The zero-order valence-corrected chi connectivity index (χ0v) is 7.35. The van der Waals surface area contributed by atoms with Gasteiger partial charge in [-0.3, -0.25) is 4.79 Å². The zero-order valence-electron chi connectivity index (χ0n) is 7.35. The maximum atomic E-state index is 11.5. The molecule has 0 N–H and O–H groups in total. The first kappa shape index (κ1) is 7.08. The number of fused-ring (bicyclic) bond motifs is 1. The zero-order chi connectivity index (χ0) is 8.28. The van der Waals surface area contributed by atoms with E-state index in [4.69, 9.17) is 0 Å². The van der Waals surface area contributed by atoms with Gasteiger partial charge in [0.25, 0.3) is 0 Å². The van der Waals surface area contributed by atoms with Crippen LogP contribution in [0.4, 0.5) is 0 Å². The van der Waals surface area contributed by atoms with Gasteiger partial charge in [-0.1, -0.05) is 26.0 Å². The molecule has 2 atom stereocenters. The Morgan fingerprint density at radius 3 is 2.27 bits per heavy atom. The second-order valence-corrected chi connectivity index (χ2v) is 4.71. The molecule has 1 heteroatoms. The van der Waals surface area contributed by atoms with Gasteiger partial charge in [-0.2, -0.15) is 0 Å². The van der Waals surface area contributed by atoms with E-state index >= 15 is 0 Å². The third kappa shape index (κ3) is 0.640. The van der Waals surface area contributed by atoms with E-state index in [1.54, 1.807) is 0 Å². The molecule has 1 nitrogen and oxygen atoms in total. The van der Waals surface area contributed by atoms with Crippen LogP contribution in [0.15, 0.2) is 12.2 Å².